The standard InChI is InChI=1S/C15H18N2O4/c1-21-12-3-2-8-17(10-12)15(20)13-6-7-16-9-11(13)4-5-14(18)19/h4-7,9,12H,2-3,8,10H2,1H3,(H,18,19)/b5-4+. The SMILES string of the molecule is COC1CCCN(C(=O)c2ccncc2/C=C/C(=O)O)C1. The highest BCUT2D eigenvalue weighted by Crippen LogP contribution is 2.18. The fourth-order valence-corrected chi connectivity index (χ4v) is 2.38. The van der Waals surface area contributed by atoms with Crippen LogP contribution in [0.2, 0.25) is 0 Å². The van der Waals surface area contributed by atoms with Gasteiger partial charge in [-0.2, -0.15) is 0 Å². The molecule has 1 aliphatic heterocycles. The van der Waals surface area contributed by atoms with E-state index in [-0.39, 0.29) is 12.0 Å². The van der Waals surface area contributed by atoms with Gasteiger partial charge in [-0.25, -0.2) is 4.79 Å². The zero-order chi connectivity index (χ0) is 15.2. The lowest BCUT2D eigenvalue weighted by atomic mass is 10.0. The largest absolute Gasteiger partial charge is 0.478 e. The highest BCUT2D eigenvalue weighted by molar-refractivity contribution is 5.98. The van der Waals surface area contributed by atoms with Crippen molar-refractivity contribution in [1.82, 2.24) is 9.88 Å². The van der Waals surface area contributed by atoms with Crippen molar-refractivity contribution in [3.8, 4) is 0 Å². The summed E-state index contributed by atoms with van der Waals surface area (Å²) in [5, 5.41) is 8.70. The van der Waals surface area contributed by atoms with Gasteiger partial charge in [0.2, 0.25) is 0 Å². The summed E-state index contributed by atoms with van der Waals surface area (Å²) >= 11 is 0. The minimum Gasteiger partial charge on any atom is -0.478 e. The average Bonchev–Trinajstić information content (AvgIpc) is 2.52. The Morgan fingerprint density at radius 2 is 2.33 bits per heavy atom. The van der Waals surface area contributed by atoms with Crippen LogP contribution in [0.4, 0.5) is 0 Å². The second-order valence-electron chi connectivity index (χ2n) is 4.89. The quantitative estimate of drug-likeness (QED) is 0.849. The van der Waals surface area contributed by atoms with Gasteiger partial charge in [0.05, 0.1) is 6.10 Å². The summed E-state index contributed by atoms with van der Waals surface area (Å²) in [6, 6.07) is 1.61. The Labute approximate surface area is 123 Å². The molecule has 1 amide bonds. The van der Waals surface area contributed by atoms with E-state index in [1.165, 1.54) is 18.5 Å². The van der Waals surface area contributed by atoms with Gasteiger partial charge in [0, 0.05) is 49.8 Å². The van der Waals surface area contributed by atoms with Gasteiger partial charge >= 0.3 is 5.97 Å². The molecule has 6 heteroatoms. The van der Waals surface area contributed by atoms with E-state index in [0.29, 0.717) is 24.2 Å². The van der Waals surface area contributed by atoms with Crippen molar-refractivity contribution in [3.63, 3.8) is 0 Å². The van der Waals surface area contributed by atoms with E-state index >= 15 is 0 Å². The number of rotatable bonds is 4. The number of amides is 1. The van der Waals surface area contributed by atoms with Crippen LogP contribution in [0.3, 0.4) is 0 Å². The zero-order valence-electron chi connectivity index (χ0n) is 11.9. The first-order valence-corrected chi connectivity index (χ1v) is 6.79. The van der Waals surface area contributed by atoms with Gasteiger partial charge in [-0.05, 0) is 25.0 Å². The third kappa shape index (κ3) is 3.88. The number of pyridine rings is 1. The molecule has 1 unspecified atom stereocenters. The van der Waals surface area contributed by atoms with Crippen molar-refractivity contribution in [2.45, 2.75) is 18.9 Å². The summed E-state index contributed by atoms with van der Waals surface area (Å²) in [6.45, 7) is 1.24. The number of carboxylic acid groups (broad SMARTS) is 1. The predicted molar refractivity (Wildman–Crippen MR) is 76.8 cm³/mol. The first-order valence-electron chi connectivity index (χ1n) is 6.79. The van der Waals surface area contributed by atoms with Crippen LogP contribution in [0.5, 0.6) is 0 Å². The van der Waals surface area contributed by atoms with Crippen LogP contribution in [-0.4, -0.2) is 53.2 Å². The molecule has 1 aromatic heterocycles. The summed E-state index contributed by atoms with van der Waals surface area (Å²) in [4.78, 5) is 28.9. The van der Waals surface area contributed by atoms with Crippen molar-refractivity contribution in [1.29, 1.82) is 0 Å². The second-order valence-corrected chi connectivity index (χ2v) is 4.89. The molecular weight excluding hydrogens is 272 g/mol. The molecule has 0 aliphatic carbocycles. The third-order valence-electron chi connectivity index (χ3n) is 3.49. The molecule has 6 nitrogen and oxygen atoms in total. The van der Waals surface area contributed by atoms with Crippen LogP contribution in [0.15, 0.2) is 24.5 Å². The maximum atomic E-state index is 12.6. The van der Waals surface area contributed by atoms with E-state index in [1.807, 2.05) is 0 Å². The molecule has 1 saturated heterocycles. The Hall–Kier alpha value is -2.21. The van der Waals surface area contributed by atoms with Crippen LogP contribution < -0.4 is 0 Å². The van der Waals surface area contributed by atoms with Crippen molar-refractivity contribution >= 4 is 18.0 Å². The monoisotopic (exact) mass is 290 g/mol. The Morgan fingerprint density at radius 3 is 3.05 bits per heavy atom. The van der Waals surface area contributed by atoms with Crippen molar-refractivity contribution in [2.24, 2.45) is 0 Å². The lowest BCUT2D eigenvalue weighted by Gasteiger charge is -2.32. The minimum absolute atomic E-state index is 0.0579. The Bertz CT molecular complexity index is 556. The van der Waals surface area contributed by atoms with E-state index in [9.17, 15) is 9.59 Å². The number of hydrogen-bond donors (Lipinski definition) is 1. The van der Waals surface area contributed by atoms with E-state index in [0.717, 1.165) is 18.9 Å². The molecule has 0 saturated carbocycles. The summed E-state index contributed by atoms with van der Waals surface area (Å²) in [5.74, 6) is -1.18. The fraction of sp³-hybridized carbons (Fsp3) is 0.400. The molecule has 112 valence electrons. The first kappa shape index (κ1) is 15.2. The van der Waals surface area contributed by atoms with E-state index in [1.54, 1.807) is 18.1 Å². The lowest BCUT2D eigenvalue weighted by Crippen LogP contribution is -2.43. The number of aliphatic carboxylic acids is 1. The van der Waals surface area contributed by atoms with E-state index in [4.69, 9.17) is 9.84 Å². The number of hydrogen-bond acceptors (Lipinski definition) is 4. The number of carbonyl (C=O) groups excluding carboxylic acids is 1. The maximum Gasteiger partial charge on any atom is 0.328 e. The van der Waals surface area contributed by atoms with E-state index in [2.05, 4.69) is 4.98 Å². The molecule has 2 rings (SSSR count). The molecule has 1 fully saturated rings. The molecule has 1 atom stereocenters. The van der Waals surface area contributed by atoms with Crippen molar-refractivity contribution in [3.05, 3.63) is 35.7 Å². The zero-order valence-corrected chi connectivity index (χ0v) is 11.9. The fourth-order valence-electron chi connectivity index (χ4n) is 2.38. The number of carbonyl (C=O) groups is 2. The van der Waals surface area contributed by atoms with E-state index < -0.39 is 5.97 Å². The molecule has 1 aliphatic rings. The summed E-state index contributed by atoms with van der Waals surface area (Å²) in [7, 11) is 1.64. The molecule has 0 aromatic carbocycles. The first-order chi connectivity index (χ1) is 10.1. The van der Waals surface area contributed by atoms with Crippen LogP contribution >= 0.6 is 0 Å². The highest BCUT2D eigenvalue weighted by atomic mass is 16.5. The number of ether oxygens (including phenoxy) is 1. The number of likely N-dealkylation sites (tertiary alicyclic amines) is 1. The highest BCUT2D eigenvalue weighted by Gasteiger charge is 2.25. The number of carboxylic acids is 1. The molecule has 0 spiro atoms. The Kier molecular flexibility index (Phi) is 5.05. The van der Waals surface area contributed by atoms with Gasteiger partial charge in [-0.1, -0.05) is 0 Å². The number of piperidine rings is 1. The van der Waals surface area contributed by atoms with Crippen molar-refractivity contribution < 1.29 is 19.4 Å². The second kappa shape index (κ2) is 6.99. The van der Waals surface area contributed by atoms with Gasteiger partial charge in [0.25, 0.3) is 5.91 Å². The van der Waals surface area contributed by atoms with Crippen LogP contribution in [-0.2, 0) is 9.53 Å². The minimum atomic E-state index is -1.06. The molecule has 2 heterocycles. The number of nitrogens with zero attached hydrogens (tertiary/aromatic N) is 2. The lowest BCUT2D eigenvalue weighted by molar-refractivity contribution is -0.131. The Balaban J connectivity index is 2.20. The van der Waals surface area contributed by atoms with Crippen LogP contribution in [0.25, 0.3) is 6.08 Å². The predicted octanol–water partition coefficient (Wildman–Crippen LogP) is 1.43. The number of methoxy groups -OCH3 is 1. The third-order valence-corrected chi connectivity index (χ3v) is 3.49. The average molecular weight is 290 g/mol. The maximum absolute atomic E-state index is 12.6. The Morgan fingerprint density at radius 1 is 1.52 bits per heavy atom. The molecule has 1 N–H and O–H groups in total. The molecule has 1 aromatic rings. The number of aromatic nitrogens is 1. The smallest absolute Gasteiger partial charge is 0.328 e. The van der Waals surface area contributed by atoms with Gasteiger partial charge in [0.1, 0.15) is 0 Å². The van der Waals surface area contributed by atoms with Gasteiger partial charge in [-0.3, -0.25) is 9.78 Å². The molecular formula is C15H18N2O4. The molecule has 0 bridgehead atoms. The van der Waals surface area contributed by atoms with Crippen molar-refractivity contribution in [2.75, 3.05) is 20.2 Å². The van der Waals surface area contributed by atoms with Crippen LogP contribution in [0.1, 0.15) is 28.8 Å². The normalized spacial score (nSPS) is 18.9. The van der Waals surface area contributed by atoms with Gasteiger partial charge in [0.15, 0.2) is 0 Å². The summed E-state index contributed by atoms with van der Waals surface area (Å²) in [6.07, 6.45) is 7.32. The topological polar surface area (TPSA) is 79.7 Å². The molecule has 0 radical (unpaired) electrons. The van der Waals surface area contributed by atoms with Gasteiger partial charge < -0.3 is 14.7 Å². The van der Waals surface area contributed by atoms with Crippen LogP contribution in [0, 0.1) is 0 Å². The molecule has 21 heavy (non-hydrogen) atoms. The summed E-state index contributed by atoms with van der Waals surface area (Å²) in [5.41, 5.74) is 0.962. The van der Waals surface area contributed by atoms with Gasteiger partial charge in [-0.15, -0.1) is 0 Å². The summed E-state index contributed by atoms with van der Waals surface area (Å²) < 4.78 is 5.32.